The van der Waals surface area contributed by atoms with Gasteiger partial charge >= 0.3 is 41.8 Å². The van der Waals surface area contributed by atoms with Gasteiger partial charge < -0.3 is 82.8 Å². The highest BCUT2D eigenvalue weighted by Crippen LogP contribution is 2.40. The molecule has 0 amide bonds. The number of carboxylic acid groups (broad SMARTS) is 1. The van der Waals surface area contributed by atoms with Crippen LogP contribution in [0.2, 0.25) is 87.1 Å². The number of hydrogen-bond donors (Lipinski definition) is 5. The highest BCUT2D eigenvalue weighted by molar-refractivity contribution is 6.76. The van der Waals surface area contributed by atoms with Gasteiger partial charge in [-0.3, -0.25) is 14.4 Å². The van der Waals surface area contributed by atoms with Gasteiger partial charge in [-0.1, -0.05) is 82.1 Å². The number of ether oxygens (including phenoxy) is 9. The van der Waals surface area contributed by atoms with Gasteiger partial charge in [-0.05, 0) is 182 Å². The molecule has 8 heterocycles. The maximum Gasteiger partial charge on any atom is 0.341 e. The third kappa shape index (κ3) is 31.6. The molecule has 0 bridgehead atoms. The first-order valence-electron chi connectivity index (χ1n) is 41.2. The Morgan fingerprint density at radius 3 is 1.14 bits per heavy atom. The molecule has 0 saturated heterocycles. The van der Waals surface area contributed by atoms with E-state index in [-0.39, 0.29) is 53.0 Å². The maximum atomic E-state index is 12.7. The summed E-state index contributed by atoms with van der Waals surface area (Å²) < 4.78 is 54.5. The van der Waals surface area contributed by atoms with E-state index in [1.54, 1.807) is 39.2 Å². The Morgan fingerprint density at radius 2 is 0.790 bits per heavy atom. The lowest BCUT2D eigenvalue weighted by Crippen LogP contribution is -2.38. The number of carbonyl (C=O) groups excluding carboxylic acids is 6. The van der Waals surface area contributed by atoms with Gasteiger partial charge in [-0.15, -0.1) is 0 Å². The van der Waals surface area contributed by atoms with Crippen molar-refractivity contribution in [1.29, 1.82) is 0 Å². The number of nitrogens with zero attached hydrogens (tertiary/aromatic N) is 7. The number of hydrogen-bond acceptors (Lipinski definition) is 23. The topological polar surface area (TPSA) is 355 Å². The fourth-order valence-corrected chi connectivity index (χ4v) is 15.9. The number of carboxylic acids is 1. The van der Waals surface area contributed by atoms with Crippen molar-refractivity contribution < 1.29 is 81.3 Å². The van der Waals surface area contributed by atoms with Gasteiger partial charge in [0, 0.05) is 153 Å². The van der Waals surface area contributed by atoms with Gasteiger partial charge in [0.15, 0.2) is 0 Å². The molecule has 3 aliphatic carbocycles. The van der Waals surface area contributed by atoms with Gasteiger partial charge in [-0.25, -0.2) is 39.1 Å². The van der Waals surface area contributed by atoms with Gasteiger partial charge in [0.1, 0.15) is 70.7 Å². The molecule has 8 aromatic rings. The molecular weight excluding hydrogens is 1610 g/mol. The molecule has 0 radical (unpaired) electrons. The van der Waals surface area contributed by atoms with Crippen molar-refractivity contribution in [3.8, 4) is 0 Å². The summed E-state index contributed by atoms with van der Waals surface area (Å²) in [6, 6.07) is 11.4. The van der Waals surface area contributed by atoms with Crippen LogP contribution in [0.4, 0.5) is 11.4 Å². The highest BCUT2D eigenvalue weighted by atomic mass is 35.5. The Hall–Kier alpha value is -8.28. The van der Waals surface area contributed by atoms with E-state index < -0.39 is 59.3 Å². The summed E-state index contributed by atoms with van der Waals surface area (Å²) in [6.07, 6.45) is 19.8. The third-order valence-corrected chi connectivity index (χ3v) is 25.2. The predicted octanol–water partition coefficient (Wildman–Crippen LogP) is 18.4. The van der Waals surface area contributed by atoms with E-state index in [9.17, 15) is 38.7 Å². The lowest BCUT2D eigenvalue weighted by atomic mass is 9.78. The van der Waals surface area contributed by atoms with Crippen LogP contribution in [0.25, 0.3) is 44.1 Å². The van der Waals surface area contributed by atoms with Crippen molar-refractivity contribution in [2.75, 3.05) is 50.3 Å². The molecule has 0 spiro atoms. The molecule has 0 aromatic carbocycles. The minimum absolute atomic E-state index is 0.0931. The fourth-order valence-electron chi connectivity index (χ4n) is 13.1. The van der Waals surface area contributed by atoms with Crippen LogP contribution in [0.5, 0.6) is 0 Å². The van der Waals surface area contributed by atoms with E-state index in [0.29, 0.717) is 127 Å². The van der Waals surface area contributed by atoms with Crippen molar-refractivity contribution >= 4 is 145 Å². The molecule has 8 aromatic heterocycles. The standard InChI is InChI=1S/C26H41N3O5Si.C24H37N3O5Si.C16H23ClN2O3Si.C10H9ClN2O2.C10H19NO2/c1-8-33-25(31)21-16-27-24-20(9-10-29(24)17-32-11-12-35(5,6)7)23(21)28-19-13-18(14-19)15-22(30)34-26(2,3)4;1-24(2,3)32-20(28)13-16-11-17(12-16)26-21-18-7-8-27(15-31-9-10-33(4,5)6)22(18)25-14-19(21)23(29)30;1-5-22-16(20)13-10-18-15-12(14(13)17)6-7-19(15)11-21-8-9-23(2,3)4;1-2-15-10(14)7-5-13-9-6(8(7)11)3-4-12-9;1-10(2,3)13-9(12)6-7-4-8(11)5-7/h9-10,16,18-19H,8,11-15,17H2,1-7H3,(H,27,28);7-8,14,16-17H,9-13,15H2,1-6H3,(H,25,26)(H,29,30);6-7,10H,5,8-9,11H2,1-4H3;3-5H,2H2,1H3,(H,12,13);7-8H,4-6,11H2,1-3H3. The molecule has 0 atom stereocenters. The zero-order chi connectivity index (χ0) is 88.1. The molecule has 6 N–H and O–H groups in total. The first kappa shape index (κ1) is 97.8. The molecule has 0 unspecified atom stereocenters. The number of halogens is 2. The molecule has 3 aliphatic rings. The normalized spacial score (nSPS) is 17.2. The molecule has 28 nitrogen and oxygen atoms in total. The number of pyridine rings is 4. The van der Waals surface area contributed by atoms with Crippen LogP contribution in [0.15, 0.2) is 73.8 Å². The minimum Gasteiger partial charge on any atom is -0.478 e. The monoisotopic (exact) mass is 1740 g/mol. The first-order valence-corrected chi connectivity index (χ1v) is 53.1. The summed E-state index contributed by atoms with van der Waals surface area (Å²) in [5.41, 5.74) is 9.60. The van der Waals surface area contributed by atoms with E-state index >= 15 is 0 Å². The fraction of sp³-hybridized carbons (Fsp3) is 0.593. The van der Waals surface area contributed by atoms with Crippen molar-refractivity contribution in [2.45, 2.75) is 273 Å². The second kappa shape index (κ2) is 43.5. The summed E-state index contributed by atoms with van der Waals surface area (Å²) in [6.45, 7) is 47.4. The van der Waals surface area contributed by atoms with Crippen LogP contribution < -0.4 is 16.4 Å². The van der Waals surface area contributed by atoms with Gasteiger partial charge in [-0.2, -0.15) is 0 Å². The van der Waals surface area contributed by atoms with Gasteiger partial charge in [0.05, 0.1) is 52.4 Å². The number of aromatic nitrogens is 8. The SMILES string of the molecule is CC(C)(C)OC(=O)CC1CC(N)C1.CC(C)(C)OC(=O)CC1CC(Nc2c(C(=O)O)cnc3c2ccn3COCC[Si](C)(C)C)C1.CCOC(=O)c1cnc2[nH]ccc2c1Cl.CCOC(=O)c1cnc2c(ccn2COCC[Si](C)(C)C)c1Cl.CCOC(=O)c1cnc2c(ccn2COCC[Si](C)(C)C)c1NC1CC(CC(=O)OC(C)(C)C)C1. The maximum absolute atomic E-state index is 12.7. The molecule has 3 fully saturated rings. The van der Waals surface area contributed by atoms with Crippen molar-refractivity contribution in [2.24, 2.45) is 23.5 Å². The average molecular weight is 1740 g/mol. The summed E-state index contributed by atoms with van der Waals surface area (Å²) in [4.78, 5) is 104. The third-order valence-electron chi connectivity index (χ3n) is 19.3. The first-order chi connectivity index (χ1) is 55.6. The molecule has 0 aliphatic heterocycles. The lowest BCUT2D eigenvalue weighted by Gasteiger charge is -2.37. The Balaban J connectivity index is 0.000000215. The van der Waals surface area contributed by atoms with E-state index in [2.05, 4.69) is 94.5 Å². The van der Waals surface area contributed by atoms with Crippen LogP contribution in [-0.2, 0) is 77.2 Å². The van der Waals surface area contributed by atoms with Crippen LogP contribution in [0.1, 0.15) is 182 Å². The Labute approximate surface area is 713 Å². The molecule has 3 saturated carbocycles. The molecular formula is C86H129Cl2N11O17Si3. The Bertz CT molecular complexity index is 4720. The number of nitrogens with one attached hydrogen (secondary N) is 3. The quantitative estimate of drug-likeness (QED) is 0.0113. The Morgan fingerprint density at radius 1 is 0.471 bits per heavy atom. The Kier molecular flexibility index (Phi) is 35.7. The second-order valence-corrected chi connectivity index (χ2v) is 54.8. The number of aromatic carboxylic acids is 1. The van der Waals surface area contributed by atoms with E-state index in [1.807, 2.05) is 113 Å². The number of esters is 6. The lowest BCUT2D eigenvalue weighted by molar-refractivity contribution is -0.157. The molecule has 656 valence electrons. The number of rotatable bonds is 32. The number of anilines is 2. The zero-order valence-corrected chi connectivity index (χ0v) is 78.2. The van der Waals surface area contributed by atoms with E-state index in [1.165, 1.54) is 18.6 Å². The van der Waals surface area contributed by atoms with E-state index in [0.717, 1.165) is 103 Å². The summed E-state index contributed by atoms with van der Waals surface area (Å²) >= 11 is 12.4. The largest absolute Gasteiger partial charge is 0.478 e. The number of aromatic amines is 1. The van der Waals surface area contributed by atoms with Crippen molar-refractivity contribution in [1.82, 2.24) is 38.6 Å². The van der Waals surface area contributed by atoms with Crippen molar-refractivity contribution in [3.63, 3.8) is 0 Å². The van der Waals surface area contributed by atoms with Gasteiger partial charge in [0.2, 0.25) is 0 Å². The predicted molar refractivity (Wildman–Crippen MR) is 475 cm³/mol. The summed E-state index contributed by atoms with van der Waals surface area (Å²) in [5, 5.41) is 20.5. The molecule has 119 heavy (non-hydrogen) atoms. The number of fused-ring (bicyclic) bond motifs is 4. The molecule has 33 heteroatoms. The van der Waals surface area contributed by atoms with Crippen LogP contribution >= 0.6 is 23.2 Å². The zero-order valence-electron chi connectivity index (χ0n) is 73.7. The number of nitrogens with two attached hydrogens (primary N) is 1. The van der Waals surface area contributed by atoms with Crippen molar-refractivity contribution in [3.05, 3.63) is 106 Å². The van der Waals surface area contributed by atoms with Crippen LogP contribution in [-0.4, -0.2) is 184 Å². The minimum atomic E-state index is -1.16. The van der Waals surface area contributed by atoms with E-state index in [4.69, 9.17) is 71.6 Å². The van der Waals surface area contributed by atoms with Crippen LogP contribution in [0, 0.1) is 17.8 Å². The highest BCUT2D eigenvalue weighted by Gasteiger charge is 2.37. The average Bonchev–Trinajstić information content (AvgIpc) is 1.69. The summed E-state index contributed by atoms with van der Waals surface area (Å²) in [7, 11) is -3.41. The number of H-pyrrole nitrogens is 1. The van der Waals surface area contributed by atoms with Gasteiger partial charge in [0.25, 0.3) is 0 Å². The van der Waals surface area contributed by atoms with Crippen LogP contribution in [0.3, 0.4) is 0 Å². The number of carbonyl (C=O) groups is 7. The summed E-state index contributed by atoms with van der Waals surface area (Å²) in [5.74, 6) is -1.77. The second-order valence-electron chi connectivity index (χ2n) is 37.2. The smallest absolute Gasteiger partial charge is 0.341 e. The molecule has 11 rings (SSSR count).